The van der Waals surface area contributed by atoms with Crippen LogP contribution in [0.5, 0.6) is 0 Å². The Balaban J connectivity index is 2.35. The fourth-order valence-corrected chi connectivity index (χ4v) is 2.39. The van der Waals surface area contributed by atoms with Crippen LogP contribution in [0.3, 0.4) is 0 Å². The van der Waals surface area contributed by atoms with Crippen molar-refractivity contribution in [1.82, 2.24) is 15.3 Å². The van der Waals surface area contributed by atoms with E-state index in [0.29, 0.717) is 12.1 Å². The van der Waals surface area contributed by atoms with Gasteiger partial charge >= 0.3 is 0 Å². The maximum Gasteiger partial charge on any atom is 0.269 e. The molecule has 6 heteroatoms. The second kappa shape index (κ2) is 4.90. The first-order valence-corrected chi connectivity index (χ1v) is 6.61. The molecule has 0 atom stereocenters. The van der Waals surface area contributed by atoms with Crippen LogP contribution in [-0.4, -0.2) is 28.3 Å². The standard InChI is InChI=1S/C15H14N4O2/c1-2-17-15(21)11-7-9-8-5-3-4-6-10(8)18-12(9)13(19-11)14(16)20/h3-7,18H,2H2,1H3,(H2,16,20)(H,17,21). The van der Waals surface area contributed by atoms with E-state index in [1.165, 1.54) is 0 Å². The zero-order chi connectivity index (χ0) is 15.0. The minimum Gasteiger partial charge on any atom is -0.364 e. The van der Waals surface area contributed by atoms with E-state index in [9.17, 15) is 9.59 Å². The Kier molecular flexibility index (Phi) is 3.06. The van der Waals surface area contributed by atoms with Crippen LogP contribution in [0, 0.1) is 0 Å². The number of nitrogens with two attached hydrogens (primary N) is 1. The molecular weight excluding hydrogens is 268 g/mol. The maximum absolute atomic E-state index is 12.0. The van der Waals surface area contributed by atoms with Gasteiger partial charge in [-0.3, -0.25) is 9.59 Å². The molecule has 4 N–H and O–H groups in total. The van der Waals surface area contributed by atoms with Crippen molar-refractivity contribution in [2.45, 2.75) is 6.92 Å². The van der Waals surface area contributed by atoms with Gasteiger partial charge in [0.05, 0.1) is 5.52 Å². The number of amides is 2. The topological polar surface area (TPSA) is 101 Å². The third-order valence-electron chi connectivity index (χ3n) is 3.30. The van der Waals surface area contributed by atoms with Gasteiger partial charge in [0, 0.05) is 22.8 Å². The summed E-state index contributed by atoms with van der Waals surface area (Å²) in [6.45, 7) is 2.30. The Bertz CT molecular complexity index is 867. The summed E-state index contributed by atoms with van der Waals surface area (Å²) >= 11 is 0. The van der Waals surface area contributed by atoms with Crippen LogP contribution in [0.1, 0.15) is 27.9 Å². The number of hydrogen-bond donors (Lipinski definition) is 3. The van der Waals surface area contributed by atoms with Crippen LogP contribution in [0.25, 0.3) is 21.8 Å². The molecule has 3 rings (SSSR count). The Morgan fingerprint density at radius 3 is 2.76 bits per heavy atom. The molecule has 21 heavy (non-hydrogen) atoms. The Labute approximate surface area is 120 Å². The molecule has 0 bridgehead atoms. The van der Waals surface area contributed by atoms with Gasteiger partial charge < -0.3 is 16.0 Å². The van der Waals surface area contributed by atoms with Crippen LogP contribution in [-0.2, 0) is 0 Å². The van der Waals surface area contributed by atoms with E-state index < -0.39 is 5.91 Å². The SMILES string of the molecule is CCNC(=O)c1cc2c([nH]c3ccccc32)c(C(N)=O)n1. The number of H-pyrrole nitrogens is 1. The molecule has 0 spiro atoms. The van der Waals surface area contributed by atoms with Crippen molar-refractivity contribution in [1.29, 1.82) is 0 Å². The van der Waals surface area contributed by atoms with Crippen molar-refractivity contribution in [3.63, 3.8) is 0 Å². The third-order valence-corrected chi connectivity index (χ3v) is 3.30. The molecule has 0 aliphatic rings. The van der Waals surface area contributed by atoms with Crippen molar-refractivity contribution in [3.05, 3.63) is 41.7 Å². The van der Waals surface area contributed by atoms with Gasteiger partial charge in [-0.1, -0.05) is 18.2 Å². The Hall–Kier alpha value is -2.89. The number of carbonyl (C=O) groups is 2. The molecule has 2 heterocycles. The summed E-state index contributed by atoms with van der Waals surface area (Å²) in [5.74, 6) is -0.995. The second-order valence-corrected chi connectivity index (χ2v) is 4.67. The number of nitrogens with zero attached hydrogens (tertiary/aromatic N) is 1. The number of fused-ring (bicyclic) bond motifs is 3. The number of pyridine rings is 1. The highest BCUT2D eigenvalue weighted by Gasteiger charge is 2.18. The van der Waals surface area contributed by atoms with E-state index >= 15 is 0 Å². The highest BCUT2D eigenvalue weighted by molar-refractivity contribution is 6.15. The number of carbonyl (C=O) groups excluding carboxylic acids is 2. The first kappa shape index (κ1) is 13.1. The van der Waals surface area contributed by atoms with Gasteiger partial charge in [0.1, 0.15) is 5.69 Å². The molecule has 1 aromatic carbocycles. The summed E-state index contributed by atoms with van der Waals surface area (Å²) in [6.07, 6.45) is 0. The molecule has 0 saturated carbocycles. The van der Waals surface area contributed by atoms with Crippen LogP contribution in [0.15, 0.2) is 30.3 Å². The lowest BCUT2D eigenvalue weighted by Crippen LogP contribution is -2.25. The van der Waals surface area contributed by atoms with Crippen molar-refractivity contribution < 1.29 is 9.59 Å². The van der Waals surface area contributed by atoms with Gasteiger partial charge in [0.2, 0.25) is 0 Å². The second-order valence-electron chi connectivity index (χ2n) is 4.67. The number of para-hydroxylation sites is 1. The zero-order valence-electron chi connectivity index (χ0n) is 11.4. The molecule has 0 unspecified atom stereocenters. The van der Waals surface area contributed by atoms with Crippen molar-refractivity contribution in [2.75, 3.05) is 6.54 Å². The molecule has 0 fully saturated rings. The number of benzene rings is 1. The Morgan fingerprint density at radius 1 is 1.29 bits per heavy atom. The van der Waals surface area contributed by atoms with Gasteiger partial charge in [0.15, 0.2) is 5.69 Å². The molecule has 0 saturated heterocycles. The van der Waals surface area contributed by atoms with Gasteiger partial charge in [-0.2, -0.15) is 0 Å². The maximum atomic E-state index is 12.0. The van der Waals surface area contributed by atoms with Crippen LogP contribution in [0.2, 0.25) is 0 Å². The minimum absolute atomic E-state index is 0.0740. The van der Waals surface area contributed by atoms with E-state index in [4.69, 9.17) is 5.73 Å². The minimum atomic E-state index is -0.669. The summed E-state index contributed by atoms with van der Waals surface area (Å²) in [7, 11) is 0. The van der Waals surface area contributed by atoms with E-state index in [1.807, 2.05) is 31.2 Å². The van der Waals surface area contributed by atoms with Gasteiger partial charge in [0.25, 0.3) is 11.8 Å². The number of aromatic nitrogens is 2. The predicted octanol–water partition coefficient (Wildman–Crippen LogP) is 1.56. The monoisotopic (exact) mass is 282 g/mol. The molecule has 0 aliphatic heterocycles. The van der Waals surface area contributed by atoms with Gasteiger partial charge in [-0.25, -0.2) is 4.98 Å². The normalized spacial score (nSPS) is 10.9. The summed E-state index contributed by atoms with van der Waals surface area (Å²) in [6, 6.07) is 9.27. The number of primary amides is 1. The lowest BCUT2D eigenvalue weighted by molar-refractivity contribution is 0.0951. The predicted molar refractivity (Wildman–Crippen MR) is 80.1 cm³/mol. The average Bonchev–Trinajstić information content (AvgIpc) is 2.84. The highest BCUT2D eigenvalue weighted by atomic mass is 16.2. The number of aromatic amines is 1. The number of hydrogen-bond acceptors (Lipinski definition) is 3. The quantitative estimate of drug-likeness (QED) is 0.679. The van der Waals surface area contributed by atoms with Gasteiger partial charge in [-0.05, 0) is 19.1 Å². The van der Waals surface area contributed by atoms with E-state index in [2.05, 4.69) is 15.3 Å². The molecule has 106 valence electrons. The van der Waals surface area contributed by atoms with Gasteiger partial charge in [-0.15, -0.1) is 0 Å². The third kappa shape index (κ3) is 2.10. The Morgan fingerprint density at radius 2 is 2.05 bits per heavy atom. The highest BCUT2D eigenvalue weighted by Crippen LogP contribution is 2.27. The van der Waals surface area contributed by atoms with Crippen LogP contribution < -0.4 is 11.1 Å². The fraction of sp³-hybridized carbons (Fsp3) is 0.133. The molecule has 3 aromatic rings. The molecule has 0 radical (unpaired) electrons. The largest absolute Gasteiger partial charge is 0.364 e. The van der Waals surface area contributed by atoms with Crippen LogP contribution >= 0.6 is 0 Å². The number of rotatable bonds is 3. The molecule has 0 aliphatic carbocycles. The average molecular weight is 282 g/mol. The summed E-state index contributed by atoms with van der Waals surface area (Å²) in [5.41, 5.74) is 7.07. The van der Waals surface area contributed by atoms with E-state index in [1.54, 1.807) is 6.07 Å². The smallest absolute Gasteiger partial charge is 0.269 e. The molecule has 2 aromatic heterocycles. The van der Waals surface area contributed by atoms with Crippen molar-refractivity contribution in [2.24, 2.45) is 5.73 Å². The summed E-state index contributed by atoms with van der Waals surface area (Å²) in [4.78, 5) is 30.8. The molecule has 6 nitrogen and oxygen atoms in total. The van der Waals surface area contributed by atoms with E-state index in [-0.39, 0.29) is 17.3 Å². The first-order valence-electron chi connectivity index (χ1n) is 6.61. The lowest BCUT2D eigenvalue weighted by Gasteiger charge is -2.04. The van der Waals surface area contributed by atoms with Crippen molar-refractivity contribution in [3.8, 4) is 0 Å². The number of nitrogens with one attached hydrogen (secondary N) is 2. The summed E-state index contributed by atoms with van der Waals surface area (Å²) in [5, 5.41) is 4.35. The summed E-state index contributed by atoms with van der Waals surface area (Å²) < 4.78 is 0. The zero-order valence-corrected chi connectivity index (χ0v) is 11.4. The fourth-order valence-electron chi connectivity index (χ4n) is 2.39. The molecule has 2 amide bonds. The van der Waals surface area contributed by atoms with Crippen molar-refractivity contribution >= 4 is 33.6 Å². The lowest BCUT2D eigenvalue weighted by atomic mass is 10.1. The van der Waals surface area contributed by atoms with E-state index in [0.717, 1.165) is 16.3 Å². The van der Waals surface area contributed by atoms with Crippen LogP contribution in [0.4, 0.5) is 0 Å². The molecular formula is C15H14N4O2. The first-order chi connectivity index (χ1) is 10.1.